The third-order valence-electron chi connectivity index (χ3n) is 4.76. The molecule has 29 heavy (non-hydrogen) atoms. The number of phenols is 1. The SMILES string of the molecule is CCOc1cc(/C=C2\Cc3c(O)cccc3C2=O)ccc1OC(C)C(=O)N(C)C. The van der Waals surface area contributed by atoms with Crippen LogP contribution < -0.4 is 9.47 Å². The lowest BCUT2D eigenvalue weighted by molar-refractivity contribution is -0.135. The van der Waals surface area contributed by atoms with Gasteiger partial charge in [-0.05, 0) is 43.7 Å². The molecular formula is C23H25NO5. The Morgan fingerprint density at radius 1 is 1.24 bits per heavy atom. The summed E-state index contributed by atoms with van der Waals surface area (Å²) in [6.07, 6.45) is 1.53. The van der Waals surface area contributed by atoms with Crippen LogP contribution in [-0.4, -0.2) is 48.5 Å². The van der Waals surface area contributed by atoms with Crippen LogP contribution in [0.3, 0.4) is 0 Å². The Balaban J connectivity index is 1.87. The van der Waals surface area contributed by atoms with Gasteiger partial charge in [0, 0.05) is 37.2 Å². The summed E-state index contributed by atoms with van der Waals surface area (Å²) < 4.78 is 11.5. The summed E-state index contributed by atoms with van der Waals surface area (Å²) >= 11 is 0. The van der Waals surface area contributed by atoms with Crippen LogP contribution >= 0.6 is 0 Å². The second-order valence-corrected chi connectivity index (χ2v) is 7.11. The van der Waals surface area contributed by atoms with Crippen molar-refractivity contribution >= 4 is 17.8 Å². The number of nitrogens with zero attached hydrogens (tertiary/aromatic N) is 1. The predicted octanol–water partition coefficient (Wildman–Crippen LogP) is 3.47. The Morgan fingerprint density at radius 2 is 2.00 bits per heavy atom. The third-order valence-corrected chi connectivity index (χ3v) is 4.76. The average molecular weight is 395 g/mol. The van der Waals surface area contributed by atoms with E-state index in [-0.39, 0.29) is 17.4 Å². The van der Waals surface area contributed by atoms with Gasteiger partial charge in [0.25, 0.3) is 5.91 Å². The lowest BCUT2D eigenvalue weighted by Crippen LogP contribution is -2.35. The Kier molecular flexibility index (Phi) is 5.92. The van der Waals surface area contributed by atoms with Crippen molar-refractivity contribution in [2.24, 2.45) is 0 Å². The van der Waals surface area contributed by atoms with Crippen molar-refractivity contribution in [2.45, 2.75) is 26.4 Å². The predicted molar refractivity (Wildman–Crippen MR) is 111 cm³/mol. The number of amides is 1. The van der Waals surface area contributed by atoms with Crippen molar-refractivity contribution in [1.82, 2.24) is 4.90 Å². The first-order chi connectivity index (χ1) is 13.8. The highest BCUT2D eigenvalue weighted by atomic mass is 16.5. The second kappa shape index (κ2) is 8.39. The van der Waals surface area contributed by atoms with Crippen LogP contribution in [0.25, 0.3) is 6.08 Å². The van der Waals surface area contributed by atoms with E-state index in [1.807, 2.05) is 13.0 Å². The molecule has 1 unspecified atom stereocenters. The van der Waals surface area contributed by atoms with Crippen LogP contribution in [0.1, 0.15) is 35.3 Å². The maximum atomic E-state index is 12.6. The van der Waals surface area contributed by atoms with Crippen molar-refractivity contribution in [3.63, 3.8) is 0 Å². The minimum Gasteiger partial charge on any atom is -0.508 e. The average Bonchev–Trinajstić information content (AvgIpc) is 3.00. The quantitative estimate of drug-likeness (QED) is 0.758. The molecule has 2 aromatic carbocycles. The molecule has 0 saturated heterocycles. The highest BCUT2D eigenvalue weighted by Gasteiger charge is 2.27. The van der Waals surface area contributed by atoms with Crippen molar-refractivity contribution in [3.05, 3.63) is 58.7 Å². The van der Waals surface area contributed by atoms with E-state index in [1.54, 1.807) is 57.4 Å². The lowest BCUT2D eigenvalue weighted by atomic mass is 10.1. The van der Waals surface area contributed by atoms with E-state index in [4.69, 9.17) is 9.47 Å². The largest absolute Gasteiger partial charge is 0.508 e. The molecule has 6 heteroatoms. The maximum Gasteiger partial charge on any atom is 0.262 e. The fourth-order valence-electron chi connectivity index (χ4n) is 3.32. The van der Waals surface area contributed by atoms with Gasteiger partial charge < -0.3 is 19.5 Å². The van der Waals surface area contributed by atoms with E-state index in [1.165, 1.54) is 4.90 Å². The summed E-state index contributed by atoms with van der Waals surface area (Å²) in [7, 11) is 3.35. The first-order valence-corrected chi connectivity index (χ1v) is 9.52. The molecule has 0 bridgehead atoms. The number of fused-ring (bicyclic) bond motifs is 1. The molecule has 0 aliphatic heterocycles. The van der Waals surface area contributed by atoms with E-state index in [2.05, 4.69) is 0 Å². The van der Waals surface area contributed by atoms with Gasteiger partial charge >= 0.3 is 0 Å². The van der Waals surface area contributed by atoms with Crippen molar-refractivity contribution in [1.29, 1.82) is 0 Å². The summed E-state index contributed by atoms with van der Waals surface area (Å²) in [5.74, 6) is 0.881. The molecule has 0 fully saturated rings. The number of phenolic OH excluding ortho intramolecular Hbond substituents is 1. The number of rotatable bonds is 6. The number of allylic oxidation sites excluding steroid dienone is 1. The van der Waals surface area contributed by atoms with E-state index in [0.29, 0.717) is 41.2 Å². The monoisotopic (exact) mass is 395 g/mol. The highest BCUT2D eigenvalue weighted by molar-refractivity contribution is 6.16. The standard InChI is InChI=1S/C23H25NO5/c1-5-28-21-12-15(9-10-20(21)29-14(2)23(27)24(3)4)11-16-13-18-17(22(16)26)7-6-8-19(18)25/h6-12,14,25H,5,13H2,1-4H3/b16-11+. The first kappa shape index (κ1) is 20.5. The van der Waals surface area contributed by atoms with Crippen LogP contribution in [0, 0.1) is 0 Å². The summed E-state index contributed by atoms with van der Waals surface area (Å²) in [4.78, 5) is 26.2. The van der Waals surface area contributed by atoms with Crippen LogP contribution in [0.2, 0.25) is 0 Å². The molecule has 1 aliphatic carbocycles. The van der Waals surface area contributed by atoms with Crippen molar-refractivity contribution in [3.8, 4) is 17.2 Å². The van der Waals surface area contributed by atoms with Gasteiger partial charge in [0.1, 0.15) is 5.75 Å². The lowest BCUT2D eigenvalue weighted by Gasteiger charge is -2.20. The minimum atomic E-state index is -0.651. The fraction of sp³-hybridized carbons (Fsp3) is 0.304. The molecule has 3 rings (SSSR count). The zero-order valence-corrected chi connectivity index (χ0v) is 17.1. The normalized spacial score (nSPS) is 15.2. The summed E-state index contributed by atoms with van der Waals surface area (Å²) in [5.41, 5.74) is 2.58. The number of likely N-dealkylation sites (N-methyl/N-ethyl adjacent to an activating group) is 1. The zero-order valence-electron chi connectivity index (χ0n) is 17.1. The maximum absolute atomic E-state index is 12.6. The molecule has 2 aromatic rings. The van der Waals surface area contributed by atoms with Gasteiger partial charge in [0.05, 0.1) is 6.61 Å². The summed E-state index contributed by atoms with van der Waals surface area (Å²) in [6, 6.07) is 10.3. The molecule has 1 amide bonds. The van der Waals surface area contributed by atoms with Crippen LogP contribution in [0.4, 0.5) is 0 Å². The Bertz CT molecular complexity index is 977. The molecular weight excluding hydrogens is 370 g/mol. The molecule has 6 nitrogen and oxygen atoms in total. The molecule has 0 saturated carbocycles. The van der Waals surface area contributed by atoms with E-state index >= 15 is 0 Å². The van der Waals surface area contributed by atoms with Gasteiger partial charge in [0.15, 0.2) is 23.4 Å². The minimum absolute atomic E-state index is 0.0839. The molecule has 0 aromatic heterocycles. The van der Waals surface area contributed by atoms with Gasteiger partial charge in [-0.2, -0.15) is 0 Å². The number of benzene rings is 2. The smallest absolute Gasteiger partial charge is 0.262 e. The summed E-state index contributed by atoms with van der Waals surface area (Å²) in [6.45, 7) is 3.99. The van der Waals surface area contributed by atoms with E-state index < -0.39 is 6.10 Å². The number of carbonyl (C=O) groups is 2. The summed E-state index contributed by atoms with van der Waals surface area (Å²) in [5, 5.41) is 10.0. The Hall–Kier alpha value is -3.28. The van der Waals surface area contributed by atoms with Gasteiger partial charge in [-0.15, -0.1) is 0 Å². The topological polar surface area (TPSA) is 76.1 Å². The van der Waals surface area contributed by atoms with E-state index in [0.717, 1.165) is 5.56 Å². The van der Waals surface area contributed by atoms with Crippen molar-refractivity contribution < 1.29 is 24.2 Å². The fourth-order valence-corrected chi connectivity index (χ4v) is 3.32. The number of aromatic hydroxyl groups is 1. The van der Waals surface area contributed by atoms with Gasteiger partial charge in [0.2, 0.25) is 0 Å². The number of ketones is 1. The number of carbonyl (C=O) groups excluding carboxylic acids is 2. The third kappa shape index (κ3) is 4.26. The van der Waals surface area contributed by atoms with Crippen LogP contribution in [0.5, 0.6) is 17.2 Å². The molecule has 0 heterocycles. The Morgan fingerprint density at radius 3 is 2.66 bits per heavy atom. The van der Waals surface area contributed by atoms with Crippen molar-refractivity contribution in [2.75, 3.05) is 20.7 Å². The van der Waals surface area contributed by atoms with Gasteiger partial charge in [-0.3, -0.25) is 9.59 Å². The molecule has 0 spiro atoms. The van der Waals surface area contributed by atoms with Crippen LogP contribution in [-0.2, 0) is 11.2 Å². The molecule has 1 N–H and O–H groups in total. The number of hydrogen-bond donors (Lipinski definition) is 1. The van der Waals surface area contributed by atoms with E-state index in [9.17, 15) is 14.7 Å². The van der Waals surface area contributed by atoms with Crippen LogP contribution in [0.15, 0.2) is 42.0 Å². The highest BCUT2D eigenvalue weighted by Crippen LogP contribution is 2.35. The molecule has 0 radical (unpaired) electrons. The number of Topliss-reactive ketones (excluding diaryl/α,β-unsaturated/α-hetero) is 1. The molecule has 1 aliphatic rings. The number of ether oxygens (including phenoxy) is 2. The molecule has 152 valence electrons. The van der Waals surface area contributed by atoms with Gasteiger partial charge in [-0.1, -0.05) is 18.2 Å². The Labute approximate surface area is 170 Å². The molecule has 1 atom stereocenters. The first-order valence-electron chi connectivity index (χ1n) is 9.52. The zero-order chi connectivity index (χ0) is 21.1. The van der Waals surface area contributed by atoms with Gasteiger partial charge in [-0.25, -0.2) is 0 Å². The number of hydrogen-bond acceptors (Lipinski definition) is 5. The second-order valence-electron chi connectivity index (χ2n) is 7.11.